The van der Waals surface area contributed by atoms with E-state index in [-0.39, 0.29) is 0 Å². The van der Waals surface area contributed by atoms with Gasteiger partial charge in [-0.3, -0.25) is 0 Å². The Morgan fingerprint density at radius 2 is 1.83 bits per heavy atom. The Balaban J connectivity index is 3.26. The molecular formula is C3H5BCl2. The molecule has 0 aromatic rings. The molecule has 0 nitrogen and oxygen atoms in total. The van der Waals surface area contributed by atoms with Crippen LogP contribution < -0.4 is 0 Å². The van der Waals surface area contributed by atoms with E-state index in [0.717, 1.165) is 5.47 Å². The minimum atomic E-state index is -0.398. The zero-order valence-corrected chi connectivity index (χ0v) is 5.05. The monoisotopic (exact) mass is 122 g/mol. The van der Waals surface area contributed by atoms with Gasteiger partial charge in [0.1, 0.15) is 0 Å². The number of hydrogen-bond acceptors (Lipinski definition) is 0. The molecule has 0 saturated carbocycles. The van der Waals surface area contributed by atoms with Gasteiger partial charge in [-0.15, -0.1) is 6.58 Å². The third-order valence-electron chi connectivity index (χ3n) is 0.373. The van der Waals surface area contributed by atoms with E-state index in [2.05, 4.69) is 6.58 Å². The van der Waals surface area contributed by atoms with Gasteiger partial charge in [0.05, 0.1) is 0 Å². The van der Waals surface area contributed by atoms with Gasteiger partial charge in [0.2, 0.25) is 0 Å². The minimum absolute atomic E-state index is 0.398. The molecule has 0 spiro atoms. The van der Waals surface area contributed by atoms with E-state index < -0.39 is 5.54 Å². The molecule has 34 valence electrons. The highest BCUT2D eigenvalue weighted by Crippen LogP contribution is 2.04. The first-order valence-corrected chi connectivity index (χ1v) is 2.45. The maximum Gasteiger partial charge on any atom is 0.378 e. The third kappa shape index (κ3) is 2.61. The predicted molar refractivity (Wildman–Crippen MR) is 32.3 cm³/mol. The molecule has 6 heavy (non-hydrogen) atoms. The van der Waals surface area contributed by atoms with Crippen molar-refractivity contribution in [2.75, 3.05) is 0 Å². The van der Waals surface area contributed by atoms with Gasteiger partial charge >= 0.3 is 5.54 Å². The lowest BCUT2D eigenvalue weighted by molar-refractivity contribution is 1.70. The van der Waals surface area contributed by atoms with Crippen LogP contribution in [0.3, 0.4) is 0 Å². The molecule has 0 radical (unpaired) electrons. The highest BCUT2D eigenvalue weighted by Gasteiger charge is 2.02. The lowest BCUT2D eigenvalue weighted by Gasteiger charge is -1.86. The Kier molecular flexibility index (Phi) is 2.70. The molecule has 0 fully saturated rings. The summed E-state index contributed by atoms with van der Waals surface area (Å²) in [5.74, 6) is 0. The molecule has 0 atom stereocenters. The summed E-state index contributed by atoms with van der Waals surface area (Å²) in [5, 5.41) is 0. The molecule has 0 bridgehead atoms. The van der Waals surface area contributed by atoms with Gasteiger partial charge < -0.3 is 0 Å². The quantitative estimate of drug-likeness (QED) is 0.468. The SMILES string of the molecule is C=C(C)B(Cl)Cl. The smallest absolute Gasteiger partial charge is 0.165 e. The molecule has 0 saturated heterocycles. The fourth-order valence-corrected chi connectivity index (χ4v) is 0. The summed E-state index contributed by atoms with van der Waals surface area (Å²) in [6.45, 7) is 5.27. The van der Waals surface area contributed by atoms with Gasteiger partial charge in [-0.05, 0) is 6.92 Å². The van der Waals surface area contributed by atoms with Crippen LogP contribution in [0.2, 0.25) is 0 Å². The Labute approximate surface area is 48.0 Å². The van der Waals surface area contributed by atoms with Crippen molar-refractivity contribution in [2.24, 2.45) is 0 Å². The van der Waals surface area contributed by atoms with E-state index in [4.69, 9.17) is 22.9 Å². The number of rotatable bonds is 1. The molecule has 0 N–H and O–H groups in total. The molecule has 0 aliphatic carbocycles. The first-order valence-electron chi connectivity index (χ1n) is 1.58. The molecule has 0 aromatic carbocycles. The highest BCUT2D eigenvalue weighted by atomic mass is 35.5. The van der Waals surface area contributed by atoms with Crippen LogP contribution in [-0.4, -0.2) is 5.54 Å². The minimum Gasteiger partial charge on any atom is -0.165 e. The molecule has 0 unspecified atom stereocenters. The van der Waals surface area contributed by atoms with Crippen molar-refractivity contribution in [2.45, 2.75) is 6.92 Å². The molecule has 0 aromatic heterocycles. The second-order valence-corrected chi connectivity index (χ2v) is 2.24. The van der Waals surface area contributed by atoms with Crippen LogP contribution in [0.4, 0.5) is 0 Å². The first-order chi connectivity index (χ1) is 2.64. The van der Waals surface area contributed by atoms with Gasteiger partial charge in [0.25, 0.3) is 0 Å². The Morgan fingerprint density at radius 3 is 1.83 bits per heavy atom. The summed E-state index contributed by atoms with van der Waals surface area (Å²) in [6, 6.07) is 0. The van der Waals surface area contributed by atoms with Gasteiger partial charge in [0.15, 0.2) is 0 Å². The summed E-state index contributed by atoms with van der Waals surface area (Å²) < 4.78 is 0. The summed E-state index contributed by atoms with van der Waals surface area (Å²) in [4.78, 5) is 0. The molecule has 0 rings (SSSR count). The molecule has 0 aliphatic heterocycles. The van der Waals surface area contributed by atoms with Gasteiger partial charge in [-0.1, -0.05) is 5.47 Å². The second kappa shape index (κ2) is 2.54. The van der Waals surface area contributed by atoms with Gasteiger partial charge in [0, 0.05) is 0 Å². The number of halogens is 2. The van der Waals surface area contributed by atoms with Crippen LogP contribution in [0.5, 0.6) is 0 Å². The van der Waals surface area contributed by atoms with E-state index >= 15 is 0 Å². The second-order valence-electron chi connectivity index (χ2n) is 1.15. The average molecular weight is 123 g/mol. The van der Waals surface area contributed by atoms with E-state index in [9.17, 15) is 0 Å². The van der Waals surface area contributed by atoms with Crippen molar-refractivity contribution in [3.8, 4) is 0 Å². The van der Waals surface area contributed by atoms with E-state index in [1.807, 2.05) is 0 Å². The van der Waals surface area contributed by atoms with Crippen LogP contribution in [0.1, 0.15) is 6.92 Å². The predicted octanol–water partition coefficient (Wildman–Crippen LogP) is 2.07. The fraction of sp³-hybridized carbons (Fsp3) is 0.333. The maximum atomic E-state index is 5.28. The lowest BCUT2D eigenvalue weighted by Crippen LogP contribution is -1.90. The van der Waals surface area contributed by atoms with Crippen molar-refractivity contribution < 1.29 is 0 Å². The summed E-state index contributed by atoms with van der Waals surface area (Å²) in [5.41, 5.74) is 0.392. The third-order valence-corrected chi connectivity index (χ3v) is 1.12. The van der Waals surface area contributed by atoms with E-state index in [1.165, 1.54) is 0 Å². The lowest BCUT2D eigenvalue weighted by atomic mass is 9.97. The van der Waals surface area contributed by atoms with Gasteiger partial charge in [-0.25, -0.2) is 0 Å². The van der Waals surface area contributed by atoms with Crippen LogP contribution in [0.25, 0.3) is 0 Å². The summed E-state index contributed by atoms with van der Waals surface area (Å²) in [7, 11) is 0. The largest absolute Gasteiger partial charge is 0.378 e. The molecular weight excluding hydrogens is 118 g/mol. The number of hydrogen-bond donors (Lipinski definition) is 0. The van der Waals surface area contributed by atoms with E-state index in [0.29, 0.717) is 0 Å². The van der Waals surface area contributed by atoms with Crippen molar-refractivity contribution in [3.63, 3.8) is 0 Å². The van der Waals surface area contributed by atoms with Crippen LogP contribution in [0.15, 0.2) is 12.1 Å². The Morgan fingerprint density at radius 1 is 1.67 bits per heavy atom. The standard InChI is InChI=1S/C3H5BCl2/c1-3(2)4(5)6/h1H2,2H3. The topological polar surface area (TPSA) is 0 Å². The highest BCUT2D eigenvalue weighted by molar-refractivity contribution is 7.36. The zero-order chi connectivity index (χ0) is 5.15. The summed E-state index contributed by atoms with van der Waals surface area (Å²) >= 11 is 10.6. The van der Waals surface area contributed by atoms with Crippen molar-refractivity contribution in [3.05, 3.63) is 12.1 Å². The Hall–Kier alpha value is 0.385. The van der Waals surface area contributed by atoms with Crippen LogP contribution >= 0.6 is 22.9 Å². The van der Waals surface area contributed by atoms with Crippen LogP contribution in [-0.2, 0) is 0 Å². The molecule has 0 amide bonds. The van der Waals surface area contributed by atoms with Crippen molar-refractivity contribution >= 4 is 28.5 Å². The normalized spacial score (nSPS) is 7.83. The summed E-state index contributed by atoms with van der Waals surface area (Å²) in [6.07, 6.45) is 0. The molecule has 0 heterocycles. The number of allylic oxidation sites excluding steroid dienone is 1. The van der Waals surface area contributed by atoms with Crippen molar-refractivity contribution in [1.29, 1.82) is 0 Å². The van der Waals surface area contributed by atoms with Crippen molar-refractivity contribution in [1.82, 2.24) is 0 Å². The zero-order valence-electron chi connectivity index (χ0n) is 3.54. The Bertz CT molecular complexity index is 59.8. The fourth-order valence-electron chi connectivity index (χ4n) is 0. The maximum absolute atomic E-state index is 5.28. The van der Waals surface area contributed by atoms with Crippen LogP contribution in [0, 0.1) is 0 Å². The van der Waals surface area contributed by atoms with E-state index in [1.54, 1.807) is 6.92 Å². The average Bonchev–Trinajstić information content (AvgIpc) is 1.36. The molecule has 3 heteroatoms. The first kappa shape index (κ1) is 6.38. The van der Waals surface area contributed by atoms with Gasteiger partial charge in [-0.2, -0.15) is 22.9 Å². The molecule has 0 aliphatic rings.